The molecule has 0 radical (unpaired) electrons. The number of rotatable bonds is 6. The average Bonchev–Trinajstić information content (AvgIpc) is 2.61. The molecule has 0 fully saturated rings. The van der Waals surface area contributed by atoms with E-state index in [1.165, 1.54) is 18.0 Å². The summed E-state index contributed by atoms with van der Waals surface area (Å²) in [5.74, 6) is 1.57. The van der Waals surface area contributed by atoms with Crippen molar-refractivity contribution in [2.75, 3.05) is 0 Å². The van der Waals surface area contributed by atoms with E-state index in [-0.39, 0.29) is 0 Å². The van der Waals surface area contributed by atoms with Crippen LogP contribution in [0.3, 0.4) is 0 Å². The topological polar surface area (TPSA) is 36.2 Å². The van der Waals surface area contributed by atoms with Crippen LogP contribution in [0.1, 0.15) is 11.1 Å². The van der Waals surface area contributed by atoms with Gasteiger partial charge in [-0.25, -0.2) is 0 Å². The van der Waals surface area contributed by atoms with Gasteiger partial charge in [0.15, 0.2) is 6.20 Å². The highest BCUT2D eigenvalue weighted by Crippen LogP contribution is 2.22. The van der Waals surface area contributed by atoms with Crippen LogP contribution in [0, 0.1) is 5.21 Å². The van der Waals surface area contributed by atoms with Gasteiger partial charge < -0.3 is 9.94 Å². The number of benzene rings is 2. The molecule has 0 bridgehead atoms. The summed E-state index contributed by atoms with van der Waals surface area (Å²) < 4.78 is 6.72. The Kier molecular flexibility index (Phi) is 5.17. The van der Waals surface area contributed by atoms with Crippen LogP contribution < -0.4 is 9.47 Å². The molecule has 0 amide bonds. The van der Waals surface area contributed by atoms with Crippen molar-refractivity contribution in [1.82, 2.24) is 0 Å². The van der Waals surface area contributed by atoms with Crippen LogP contribution in [0.15, 0.2) is 84.0 Å². The SMILES string of the molecule is [O-][n+]1ccccc1SCc1cccc(OCc2ccccc2)c1. The van der Waals surface area contributed by atoms with Crippen LogP contribution in [0.4, 0.5) is 0 Å². The van der Waals surface area contributed by atoms with Gasteiger partial charge in [-0.3, -0.25) is 0 Å². The van der Waals surface area contributed by atoms with E-state index in [2.05, 4.69) is 0 Å². The van der Waals surface area contributed by atoms with Gasteiger partial charge in [-0.15, -0.1) is 0 Å². The number of pyridine rings is 1. The summed E-state index contributed by atoms with van der Waals surface area (Å²) in [5, 5.41) is 12.3. The first-order valence-corrected chi connectivity index (χ1v) is 8.36. The Morgan fingerprint density at radius 1 is 0.870 bits per heavy atom. The predicted molar refractivity (Wildman–Crippen MR) is 92.2 cm³/mol. The lowest BCUT2D eigenvalue weighted by Gasteiger charge is -2.08. The molecule has 23 heavy (non-hydrogen) atoms. The Morgan fingerprint density at radius 3 is 2.48 bits per heavy atom. The fraction of sp³-hybridized carbons (Fsp3) is 0.105. The first-order valence-electron chi connectivity index (χ1n) is 7.38. The van der Waals surface area contributed by atoms with Crippen LogP contribution in [-0.4, -0.2) is 0 Å². The summed E-state index contributed by atoms with van der Waals surface area (Å²) in [6.45, 7) is 0.552. The zero-order chi connectivity index (χ0) is 15.9. The highest BCUT2D eigenvalue weighted by molar-refractivity contribution is 7.98. The van der Waals surface area contributed by atoms with E-state index in [0.717, 1.165) is 27.4 Å². The lowest BCUT2D eigenvalue weighted by Crippen LogP contribution is -2.27. The maximum Gasteiger partial charge on any atom is 0.251 e. The van der Waals surface area contributed by atoms with Gasteiger partial charge >= 0.3 is 0 Å². The van der Waals surface area contributed by atoms with E-state index in [1.807, 2.05) is 66.7 Å². The summed E-state index contributed by atoms with van der Waals surface area (Å²) in [6, 6.07) is 23.5. The Balaban J connectivity index is 1.60. The minimum absolute atomic E-state index is 0.552. The highest BCUT2D eigenvalue weighted by atomic mass is 32.2. The van der Waals surface area contributed by atoms with Gasteiger partial charge in [-0.05, 0) is 29.3 Å². The van der Waals surface area contributed by atoms with Gasteiger partial charge in [0.25, 0.3) is 5.03 Å². The van der Waals surface area contributed by atoms with E-state index in [9.17, 15) is 5.21 Å². The summed E-state index contributed by atoms with van der Waals surface area (Å²) in [6.07, 6.45) is 1.52. The first kappa shape index (κ1) is 15.4. The Hall–Kier alpha value is -2.46. The second kappa shape index (κ2) is 7.70. The monoisotopic (exact) mass is 323 g/mol. The molecule has 3 rings (SSSR count). The molecular weight excluding hydrogens is 306 g/mol. The van der Waals surface area contributed by atoms with Crippen molar-refractivity contribution >= 4 is 11.8 Å². The number of nitrogens with zero attached hydrogens (tertiary/aromatic N) is 1. The molecule has 0 N–H and O–H groups in total. The lowest BCUT2D eigenvalue weighted by atomic mass is 10.2. The molecule has 2 aromatic carbocycles. The number of hydrogen-bond acceptors (Lipinski definition) is 3. The third-order valence-corrected chi connectivity index (χ3v) is 4.41. The molecule has 0 saturated carbocycles. The van der Waals surface area contributed by atoms with Gasteiger partial charge in [0.1, 0.15) is 12.4 Å². The molecule has 0 aliphatic carbocycles. The molecule has 0 atom stereocenters. The van der Waals surface area contributed by atoms with Gasteiger partial charge in [-0.1, -0.05) is 54.2 Å². The Bertz CT molecular complexity index is 762. The minimum Gasteiger partial charge on any atom is -0.618 e. The molecule has 4 heteroatoms. The molecular formula is C19H17NO2S. The van der Waals surface area contributed by atoms with E-state index in [1.54, 1.807) is 6.07 Å². The fourth-order valence-corrected chi connectivity index (χ4v) is 3.00. The van der Waals surface area contributed by atoms with Gasteiger partial charge in [0.2, 0.25) is 0 Å². The van der Waals surface area contributed by atoms with Crippen molar-refractivity contribution in [3.63, 3.8) is 0 Å². The molecule has 116 valence electrons. The molecule has 1 heterocycles. The van der Waals surface area contributed by atoms with Crippen LogP contribution in [0.5, 0.6) is 5.75 Å². The smallest absolute Gasteiger partial charge is 0.251 e. The number of thioether (sulfide) groups is 1. The quantitative estimate of drug-likeness (QED) is 0.388. The molecule has 3 nitrogen and oxygen atoms in total. The van der Waals surface area contributed by atoms with Crippen LogP contribution in [-0.2, 0) is 12.4 Å². The zero-order valence-electron chi connectivity index (χ0n) is 12.6. The third-order valence-electron chi connectivity index (χ3n) is 3.32. The van der Waals surface area contributed by atoms with E-state index < -0.39 is 0 Å². The first-order chi connectivity index (χ1) is 11.3. The zero-order valence-corrected chi connectivity index (χ0v) is 13.4. The normalized spacial score (nSPS) is 10.4. The standard InChI is InChI=1S/C19H17NO2S/c21-20-12-5-4-11-19(20)23-15-17-9-6-10-18(13-17)22-14-16-7-2-1-3-8-16/h1-13H,14-15H2. The number of aromatic nitrogens is 1. The summed E-state index contributed by atoms with van der Waals surface area (Å²) >= 11 is 1.52. The van der Waals surface area contributed by atoms with E-state index in [4.69, 9.17) is 4.74 Å². The van der Waals surface area contributed by atoms with Gasteiger partial charge in [-0.2, -0.15) is 4.73 Å². The second-order valence-electron chi connectivity index (χ2n) is 5.08. The van der Waals surface area contributed by atoms with Crippen molar-refractivity contribution in [1.29, 1.82) is 0 Å². The molecule has 3 aromatic rings. The number of hydrogen-bond donors (Lipinski definition) is 0. The van der Waals surface area contributed by atoms with Gasteiger partial charge in [0.05, 0.1) is 0 Å². The highest BCUT2D eigenvalue weighted by Gasteiger charge is 2.05. The summed E-state index contributed by atoms with van der Waals surface area (Å²) in [4.78, 5) is 0. The fourth-order valence-electron chi connectivity index (χ4n) is 2.15. The second-order valence-corrected chi connectivity index (χ2v) is 6.07. The Morgan fingerprint density at radius 2 is 1.65 bits per heavy atom. The maximum atomic E-state index is 11.6. The Labute approximate surface area is 140 Å². The summed E-state index contributed by atoms with van der Waals surface area (Å²) in [7, 11) is 0. The number of ether oxygens (including phenoxy) is 1. The largest absolute Gasteiger partial charge is 0.618 e. The van der Waals surface area contributed by atoms with Crippen LogP contribution >= 0.6 is 11.8 Å². The van der Waals surface area contributed by atoms with Crippen LogP contribution in [0.25, 0.3) is 0 Å². The summed E-state index contributed by atoms with van der Waals surface area (Å²) in [5.41, 5.74) is 2.27. The third kappa shape index (κ3) is 4.50. The van der Waals surface area contributed by atoms with E-state index in [0.29, 0.717) is 11.6 Å². The van der Waals surface area contributed by atoms with Crippen molar-refractivity contribution in [3.05, 3.63) is 95.3 Å². The van der Waals surface area contributed by atoms with Crippen molar-refractivity contribution in [2.24, 2.45) is 0 Å². The van der Waals surface area contributed by atoms with Crippen molar-refractivity contribution in [2.45, 2.75) is 17.4 Å². The maximum absolute atomic E-state index is 11.6. The molecule has 0 aliphatic rings. The van der Waals surface area contributed by atoms with Crippen LogP contribution in [0.2, 0.25) is 0 Å². The molecule has 0 unspecified atom stereocenters. The molecule has 0 spiro atoms. The van der Waals surface area contributed by atoms with E-state index >= 15 is 0 Å². The average molecular weight is 323 g/mol. The molecule has 0 aliphatic heterocycles. The van der Waals surface area contributed by atoms with Crippen molar-refractivity contribution in [3.8, 4) is 5.75 Å². The molecule has 1 aromatic heterocycles. The lowest BCUT2D eigenvalue weighted by molar-refractivity contribution is -0.645. The van der Waals surface area contributed by atoms with Gasteiger partial charge in [0, 0.05) is 17.9 Å². The molecule has 0 saturated heterocycles. The minimum atomic E-state index is 0.552. The predicted octanol–water partition coefficient (Wildman–Crippen LogP) is 4.19. The van der Waals surface area contributed by atoms with Crippen molar-refractivity contribution < 1.29 is 9.47 Å².